The van der Waals surface area contributed by atoms with Crippen LogP contribution in [0.25, 0.3) is 0 Å². The zero-order chi connectivity index (χ0) is 19.1. The molecule has 0 fully saturated rings. The summed E-state index contributed by atoms with van der Waals surface area (Å²) in [5, 5.41) is 13.4. The zero-order valence-electron chi connectivity index (χ0n) is 14.8. The van der Waals surface area contributed by atoms with Crippen LogP contribution in [0.4, 0.5) is 11.4 Å². The standard InChI is InChI=1S/C19H21N3O4/c1-3-21(4-2)19(24)15-6-5-7-16(13-15)20-18(23)12-14-8-10-17(11-9-14)22(25)26/h5-11,13H,3-4,12H2,1-2H3,(H,20,23). The van der Waals surface area contributed by atoms with Gasteiger partial charge in [-0.05, 0) is 37.6 Å². The fraction of sp³-hybridized carbons (Fsp3) is 0.263. The predicted octanol–water partition coefficient (Wildman–Crippen LogP) is 3.26. The highest BCUT2D eigenvalue weighted by molar-refractivity contribution is 5.97. The zero-order valence-corrected chi connectivity index (χ0v) is 14.8. The molecule has 2 aromatic carbocycles. The second-order valence-electron chi connectivity index (χ2n) is 5.71. The van der Waals surface area contributed by atoms with Crippen molar-refractivity contribution in [3.8, 4) is 0 Å². The van der Waals surface area contributed by atoms with E-state index in [2.05, 4.69) is 5.32 Å². The first-order valence-electron chi connectivity index (χ1n) is 8.37. The van der Waals surface area contributed by atoms with Crippen molar-refractivity contribution >= 4 is 23.2 Å². The third-order valence-electron chi connectivity index (χ3n) is 3.96. The molecule has 0 unspecified atom stereocenters. The summed E-state index contributed by atoms with van der Waals surface area (Å²) < 4.78 is 0. The number of hydrogen-bond acceptors (Lipinski definition) is 4. The summed E-state index contributed by atoms with van der Waals surface area (Å²) in [6, 6.07) is 12.6. The molecule has 26 heavy (non-hydrogen) atoms. The number of nitrogens with one attached hydrogen (secondary N) is 1. The number of anilines is 1. The van der Waals surface area contributed by atoms with E-state index in [4.69, 9.17) is 0 Å². The molecule has 0 aliphatic heterocycles. The largest absolute Gasteiger partial charge is 0.339 e. The predicted molar refractivity (Wildman–Crippen MR) is 99.1 cm³/mol. The fourth-order valence-corrected chi connectivity index (χ4v) is 2.55. The molecule has 2 rings (SSSR count). The number of carbonyl (C=O) groups is 2. The van der Waals surface area contributed by atoms with Crippen molar-refractivity contribution in [1.82, 2.24) is 4.90 Å². The molecule has 7 heteroatoms. The highest BCUT2D eigenvalue weighted by Crippen LogP contribution is 2.15. The van der Waals surface area contributed by atoms with Gasteiger partial charge in [0.05, 0.1) is 11.3 Å². The molecular formula is C19H21N3O4. The van der Waals surface area contributed by atoms with Gasteiger partial charge in [0.2, 0.25) is 5.91 Å². The van der Waals surface area contributed by atoms with Crippen LogP contribution in [0.2, 0.25) is 0 Å². The maximum Gasteiger partial charge on any atom is 0.269 e. The van der Waals surface area contributed by atoms with Crippen molar-refractivity contribution in [2.75, 3.05) is 18.4 Å². The Kier molecular flexibility index (Phi) is 6.43. The van der Waals surface area contributed by atoms with Crippen LogP contribution in [0.15, 0.2) is 48.5 Å². The molecule has 0 atom stereocenters. The number of amides is 2. The molecule has 1 N–H and O–H groups in total. The normalized spacial score (nSPS) is 10.2. The number of nitro groups is 1. The van der Waals surface area contributed by atoms with E-state index in [1.165, 1.54) is 12.1 Å². The van der Waals surface area contributed by atoms with Crippen molar-refractivity contribution in [3.63, 3.8) is 0 Å². The molecule has 2 aromatic rings. The number of hydrogen-bond donors (Lipinski definition) is 1. The van der Waals surface area contributed by atoms with Crippen LogP contribution in [0, 0.1) is 10.1 Å². The lowest BCUT2D eigenvalue weighted by molar-refractivity contribution is -0.384. The van der Waals surface area contributed by atoms with Crippen LogP contribution in [-0.2, 0) is 11.2 Å². The maximum absolute atomic E-state index is 12.4. The van der Waals surface area contributed by atoms with Crippen LogP contribution in [-0.4, -0.2) is 34.7 Å². The van der Waals surface area contributed by atoms with Crippen molar-refractivity contribution in [2.24, 2.45) is 0 Å². The Bertz CT molecular complexity index is 799. The Morgan fingerprint density at radius 2 is 1.73 bits per heavy atom. The van der Waals surface area contributed by atoms with Gasteiger partial charge in [-0.15, -0.1) is 0 Å². The van der Waals surface area contributed by atoms with Crippen LogP contribution in [0.3, 0.4) is 0 Å². The van der Waals surface area contributed by atoms with Crippen LogP contribution >= 0.6 is 0 Å². The Hall–Kier alpha value is -3.22. The third kappa shape index (κ3) is 4.89. The van der Waals surface area contributed by atoms with Gasteiger partial charge in [-0.2, -0.15) is 0 Å². The highest BCUT2D eigenvalue weighted by Gasteiger charge is 2.13. The second kappa shape index (κ2) is 8.75. The monoisotopic (exact) mass is 355 g/mol. The average Bonchev–Trinajstić information content (AvgIpc) is 2.63. The molecule has 7 nitrogen and oxygen atoms in total. The van der Waals surface area contributed by atoms with Gasteiger partial charge < -0.3 is 10.2 Å². The minimum absolute atomic E-state index is 0.0169. The molecule has 0 bridgehead atoms. The molecule has 0 aliphatic carbocycles. The quantitative estimate of drug-likeness (QED) is 0.609. The van der Waals surface area contributed by atoms with Crippen molar-refractivity contribution in [3.05, 3.63) is 69.8 Å². The van der Waals surface area contributed by atoms with Crippen molar-refractivity contribution < 1.29 is 14.5 Å². The van der Waals surface area contributed by atoms with Crippen LogP contribution in [0.1, 0.15) is 29.8 Å². The number of rotatable bonds is 7. The van der Waals surface area contributed by atoms with E-state index in [0.717, 1.165) is 0 Å². The number of benzene rings is 2. The van der Waals surface area contributed by atoms with E-state index in [9.17, 15) is 19.7 Å². The first kappa shape index (κ1) is 19.1. The van der Waals surface area contributed by atoms with Crippen LogP contribution < -0.4 is 5.32 Å². The third-order valence-corrected chi connectivity index (χ3v) is 3.96. The van der Waals surface area contributed by atoms with Gasteiger partial charge in [-0.1, -0.05) is 18.2 Å². The first-order chi connectivity index (χ1) is 12.4. The maximum atomic E-state index is 12.4. The topological polar surface area (TPSA) is 92.6 Å². The summed E-state index contributed by atoms with van der Waals surface area (Å²) >= 11 is 0. The summed E-state index contributed by atoms with van der Waals surface area (Å²) in [7, 11) is 0. The summed E-state index contributed by atoms with van der Waals surface area (Å²) in [4.78, 5) is 36.4. The highest BCUT2D eigenvalue weighted by atomic mass is 16.6. The van der Waals surface area contributed by atoms with Crippen molar-refractivity contribution in [2.45, 2.75) is 20.3 Å². The van der Waals surface area contributed by atoms with Gasteiger partial charge in [0, 0.05) is 36.5 Å². The Balaban J connectivity index is 2.04. The molecule has 0 aliphatic rings. The lowest BCUT2D eigenvalue weighted by Crippen LogP contribution is -2.30. The molecule has 0 saturated heterocycles. The van der Waals surface area contributed by atoms with E-state index in [1.807, 2.05) is 13.8 Å². The van der Waals surface area contributed by atoms with E-state index in [0.29, 0.717) is 29.9 Å². The molecule has 0 radical (unpaired) electrons. The minimum Gasteiger partial charge on any atom is -0.339 e. The number of carbonyl (C=O) groups excluding carboxylic acids is 2. The molecule has 0 spiro atoms. The molecular weight excluding hydrogens is 334 g/mol. The van der Waals surface area contributed by atoms with Gasteiger partial charge in [-0.3, -0.25) is 19.7 Å². The Morgan fingerprint density at radius 1 is 1.08 bits per heavy atom. The minimum atomic E-state index is -0.484. The van der Waals surface area contributed by atoms with Crippen LogP contribution in [0.5, 0.6) is 0 Å². The van der Waals surface area contributed by atoms with Gasteiger partial charge >= 0.3 is 0 Å². The smallest absolute Gasteiger partial charge is 0.269 e. The Labute approximate surface area is 151 Å². The van der Waals surface area contributed by atoms with Gasteiger partial charge in [0.15, 0.2) is 0 Å². The lowest BCUT2D eigenvalue weighted by Gasteiger charge is -2.19. The number of nitro benzene ring substituents is 1. The summed E-state index contributed by atoms with van der Waals surface area (Å²) in [6.45, 7) is 5.06. The summed E-state index contributed by atoms with van der Waals surface area (Å²) in [6.07, 6.45) is 0.0895. The first-order valence-corrected chi connectivity index (χ1v) is 8.37. The molecule has 0 aromatic heterocycles. The second-order valence-corrected chi connectivity index (χ2v) is 5.71. The number of nitrogens with zero attached hydrogens (tertiary/aromatic N) is 2. The molecule has 136 valence electrons. The Morgan fingerprint density at radius 3 is 2.31 bits per heavy atom. The molecule has 2 amide bonds. The van der Waals surface area contributed by atoms with Crippen molar-refractivity contribution in [1.29, 1.82) is 0 Å². The van der Waals surface area contributed by atoms with E-state index in [1.54, 1.807) is 41.3 Å². The molecule has 0 saturated carbocycles. The average molecular weight is 355 g/mol. The summed E-state index contributed by atoms with van der Waals surface area (Å²) in [5.74, 6) is -0.340. The fourth-order valence-electron chi connectivity index (χ4n) is 2.55. The van der Waals surface area contributed by atoms with Gasteiger partial charge in [0.1, 0.15) is 0 Å². The van der Waals surface area contributed by atoms with E-state index in [-0.39, 0.29) is 23.9 Å². The SMILES string of the molecule is CCN(CC)C(=O)c1cccc(NC(=O)Cc2ccc([N+](=O)[O-])cc2)c1. The van der Waals surface area contributed by atoms with E-state index >= 15 is 0 Å². The van der Waals surface area contributed by atoms with Gasteiger partial charge in [-0.25, -0.2) is 0 Å². The molecule has 0 heterocycles. The number of non-ortho nitro benzene ring substituents is 1. The summed E-state index contributed by atoms with van der Waals surface area (Å²) in [5.41, 5.74) is 1.71. The van der Waals surface area contributed by atoms with E-state index < -0.39 is 4.92 Å². The lowest BCUT2D eigenvalue weighted by atomic mass is 10.1. The van der Waals surface area contributed by atoms with Gasteiger partial charge in [0.25, 0.3) is 11.6 Å².